The van der Waals surface area contributed by atoms with Gasteiger partial charge >= 0.3 is 5.97 Å². The Labute approximate surface area is 80.5 Å². The van der Waals surface area contributed by atoms with Gasteiger partial charge in [-0.25, -0.2) is 9.18 Å². The van der Waals surface area contributed by atoms with Gasteiger partial charge in [0.1, 0.15) is 11.6 Å². The second kappa shape index (κ2) is 5.37. The molecular weight excluding hydrogens is 199 g/mol. The molecule has 0 saturated heterocycles. The third kappa shape index (κ3) is 4.32. The van der Waals surface area contributed by atoms with Gasteiger partial charge < -0.3 is 9.84 Å². The summed E-state index contributed by atoms with van der Waals surface area (Å²) in [5.74, 6) is -1.09. The monoisotopic (exact) mass is 206 g/mol. The van der Waals surface area contributed by atoms with Crippen molar-refractivity contribution < 1.29 is 19.0 Å². The van der Waals surface area contributed by atoms with Crippen molar-refractivity contribution >= 4 is 18.4 Å². The predicted molar refractivity (Wildman–Crippen MR) is 46.8 cm³/mol. The molecule has 1 aromatic rings. The van der Waals surface area contributed by atoms with Crippen LogP contribution in [0.3, 0.4) is 0 Å². The standard InChI is InChI=1S/C8H7FO3.ClH/c9-6-1-3-7(4-2-6)12-5-8(10)11;/h1-4H,5H2,(H,10,11);1H. The van der Waals surface area contributed by atoms with Gasteiger partial charge in [0.05, 0.1) is 0 Å². The molecule has 0 aliphatic carbocycles. The molecule has 13 heavy (non-hydrogen) atoms. The Hall–Kier alpha value is -1.29. The fraction of sp³-hybridized carbons (Fsp3) is 0.125. The smallest absolute Gasteiger partial charge is 0.341 e. The molecule has 1 N–H and O–H groups in total. The average molecular weight is 207 g/mol. The third-order valence-electron chi connectivity index (χ3n) is 1.18. The molecule has 0 spiro atoms. The first kappa shape index (κ1) is 11.7. The van der Waals surface area contributed by atoms with Crippen LogP contribution < -0.4 is 4.74 Å². The highest BCUT2D eigenvalue weighted by molar-refractivity contribution is 5.85. The summed E-state index contributed by atoms with van der Waals surface area (Å²) in [5.41, 5.74) is 0. The van der Waals surface area contributed by atoms with E-state index in [2.05, 4.69) is 0 Å². The Bertz CT molecular complexity index is 273. The zero-order valence-corrected chi connectivity index (χ0v) is 7.38. The first-order chi connectivity index (χ1) is 5.68. The van der Waals surface area contributed by atoms with E-state index in [1.54, 1.807) is 0 Å². The van der Waals surface area contributed by atoms with Crippen molar-refractivity contribution in [3.8, 4) is 5.75 Å². The summed E-state index contributed by atoms with van der Waals surface area (Å²) in [6, 6.07) is 5.16. The third-order valence-corrected chi connectivity index (χ3v) is 1.18. The number of hydrogen-bond acceptors (Lipinski definition) is 2. The Morgan fingerprint density at radius 1 is 1.38 bits per heavy atom. The van der Waals surface area contributed by atoms with Crippen LogP contribution in [-0.4, -0.2) is 17.7 Å². The van der Waals surface area contributed by atoms with Gasteiger partial charge in [-0.05, 0) is 24.3 Å². The van der Waals surface area contributed by atoms with E-state index < -0.39 is 12.6 Å². The highest BCUT2D eigenvalue weighted by Gasteiger charge is 1.98. The molecule has 1 rings (SSSR count). The van der Waals surface area contributed by atoms with Crippen molar-refractivity contribution in [2.75, 3.05) is 6.61 Å². The minimum atomic E-state index is -1.06. The predicted octanol–water partition coefficient (Wildman–Crippen LogP) is 1.71. The summed E-state index contributed by atoms with van der Waals surface area (Å²) >= 11 is 0. The lowest BCUT2D eigenvalue weighted by Crippen LogP contribution is -2.09. The van der Waals surface area contributed by atoms with E-state index in [4.69, 9.17) is 9.84 Å². The van der Waals surface area contributed by atoms with E-state index in [0.717, 1.165) is 0 Å². The molecule has 0 amide bonds. The number of carboxylic acids is 1. The van der Waals surface area contributed by atoms with Crippen LogP contribution in [0.1, 0.15) is 0 Å². The Morgan fingerprint density at radius 3 is 2.38 bits per heavy atom. The molecule has 0 bridgehead atoms. The lowest BCUT2D eigenvalue weighted by molar-refractivity contribution is -0.139. The van der Waals surface area contributed by atoms with E-state index in [-0.39, 0.29) is 18.2 Å². The quantitative estimate of drug-likeness (QED) is 0.819. The summed E-state index contributed by atoms with van der Waals surface area (Å²) in [7, 11) is 0. The van der Waals surface area contributed by atoms with Crippen LogP contribution >= 0.6 is 12.4 Å². The van der Waals surface area contributed by atoms with Gasteiger partial charge in [0.15, 0.2) is 6.61 Å². The fourth-order valence-electron chi connectivity index (χ4n) is 0.676. The Morgan fingerprint density at radius 2 is 1.92 bits per heavy atom. The highest BCUT2D eigenvalue weighted by Crippen LogP contribution is 2.10. The summed E-state index contributed by atoms with van der Waals surface area (Å²) in [5, 5.41) is 8.23. The van der Waals surface area contributed by atoms with Crippen LogP contribution in [0, 0.1) is 5.82 Å². The molecule has 1 aromatic carbocycles. The van der Waals surface area contributed by atoms with Crippen molar-refractivity contribution in [2.45, 2.75) is 0 Å². The minimum absolute atomic E-state index is 0. The zero-order chi connectivity index (χ0) is 8.97. The maximum atomic E-state index is 12.3. The van der Waals surface area contributed by atoms with Gasteiger partial charge in [0.2, 0.25) is 0 Å². The highest BCUT2D eigenvalue weighted by atomic mass is 35.5. The number of benzene rings is 1. The van der Waals surface area contributed by atoms with Crippen molar-refractivity contribution in [1.82, 2.24) is 0 Å². The Balaban J connectivity index is 0.00000144. The van der Waals surface area contributed by atoms with Gasteiger partial charge in [-0.1, -0.05) is 0 Å². The van der Waals surface area contributed by atoms with Gasteiger partial charge in [-0.15, -0.1) is 12.4 Å². The number of carboxylic acid groups (broad SMARTS) is 1. The van der Waals surface area contributed by atoms with Crippen LogP contribution in [0.15, 0.2) is 24.3 Å². The summed E-state index contributed by atoms with van der Waals surface area (Å²) in [6.45, 7) is -0.411. The molecule has 0 heterocycles. The number of ether oxygens (including phenoxy) is 1. The topological polar surface area (TPSA) is 46.5 Å². The van der Waals surface area contributed by atoms with Gasteiger partial charge in [0, 0.05) is 0 Å². The van der Waals surface area contributed by atoms with Gasteiger partial charge in [-0.3, -0.25) is 0 Å². The van der Waals surface area contributed by atoms with Crippen molar-refractivity contribution in [3.05, 3.63) is 30.1 Å². The SMILES string of the molecule is Cl.O=C(O)COc1ccc(F)cc1. The lowest BCUT2D eigenvalue weighted by atomic mass is 10.3. The molecule has 0 fully saturated rings. The molecule has 3 nitrogen and oxygen atoms in total. The molecule has 0 aromatic heterocycles. The molecule has 72 valence electrons. The van der Waals surface area contributed by atoms with Gasteiger partial charge in [0.25, 0.3) is 0 Å². The van der Waals surface area contributed by atoms with E-state index in [9.17, 15) is 9.18 Å². The number of halogens is 2. The summed E-state index contributed by atoms with van der Waals surface area (Å²) in [6.07, 6.45) is 0. The van der Waals surface area contributed by atoms with E-state index in [1.807, 2.05) is 0 Å². The van der Waals surface area contributed by atoms with E-state index in [0.29, 0.717) is 5.75 Å². The number of rotatable bonds is 3. The molecular formula is C8H8ClFO3. The van der Waals surface area contributed by atoms with E-state index in [1.165, 1.54) is 24.3 Å². The maximum absolute atomic E-state index is 12.3. The second-order valence-electron chi connectivity index (χ2n) is 2.14. The second-order valence-corrected chi connectivity index (χ2v) is 2.14. The first-order valence-electron chi connectivity index (χ1n) is 3.28. The first-order valence-corrected chi connectivity index (χ1v) is 3.28. The molecule has 0 saturated carbocycles. The van der Waals surface area contributed by atoms with Gasteiger partial charge in [-0.2, -0.15) is 0 Å². The molecule has 0 atom stereocenters. The summed E-state index contributed by atoms with van der Waals surface area (Å²) in [4.78, 5) is 10.0. The molecule has 0 unspecified atom stereocenters. The molecule has 5 heteroatoms. The van der Waals surface area contributed by atoms with Crippen LogP contribution in [0.25, 0.3) is 0 Å². The van der Waals surface area contributed by atoms with Crippen molar-refractivity contribution in [1.29, 1.82) is 0 Å². The fourth-order valence-corrected chi connectivity index (χ4v) is 0.676. The Kier molecular flexibility index (Phi) is 4.84. The van der Waals surface area contributed by atoms with Crippen molar-refractivity contribution in [2.24, 2.45) is 0 Å². The maximum Gasteiger partial charge on any atom is 0.341 e. The van der Waals surface area contributed by atoms with Crippen molar-refractivity contribution in [3.63, 3.8) is 0 Å². The minimum Gasteiger partial charge on any atom is -0.482 e. The van der Waals surface area contributed by atoms with E-state index >= 15 is 0 Å². The largest absolute Gasteiger partial charge is 0.482 e. The summed E-state index contributed by atoms with van der Waals surface area (Å²) < 4.78 is 17.1. The molecule has 0 radical (unpaired) electrons. The van der Waals surface area contributed by atoms with Crippen LogP contribution in [0.4, 0.5) is 4.39 Å². The normalized spacial score (nSPS) is 8.69. The lowest BCUT2D eigenvalue weighted by Gasteiger charge is -2.01. The zero-order valence-electron chi connectivity index (χ0n) is 6.57. The number of carbonyl (C=O) groups is 1. The molecule has 0 aliphatic rings. The number of hydrogen-bond donors (Lipinski definition) is 1. The average Bonchev–Trinajstić information content (AvgIpc) is 2.03. The van der Waals surface area contributed by atoms with Crippen LogP contribution in [-0.2, 0) is 4.79 Å². The number of aliphatic carboxylic acids is 1. The van der Waals surface area contributed by atoms with Crippen LogP contribution in [0.5, 0.6) is 5.75 Å². The molecule has 0 aliphatic heterocycles. The van der Waals surface area contributed by atoms with Crippen LogP contribution in [0.2, 0.25) is 0 Å².